The summed E-state index contributed by atoms with van der Waals surface area (Å²) in [7, 11) is 1.68. The highest BCUT2D eigenvalue weighted by molar-refractivity contribution is 7.09. The molecule has 2 aromatic heterocycles. The average Bonchev–Trinajstić information content (AvgIpc) is 3.45. The summed E-state index contributed by atoms with van der Waals surface area (Å²) in [6, 6.07) is 11.8. The highest BCUT2D eigenvalue weighted by Crippen LogP contribution is 2.17. The van der Waals surface area contributed by atoms with Gasteiger partial charge in [-0.25, -0.2) is 14.4 Å². The summed E-state index contributed by atoms with van der Waals surface area (Å²) in [5.41, 5.74) is 0.684. The van der Waals surface area contributed by atoms with Gasteiger partial charge in [-0.1, -0.05) is 24.3 Å². The Morgan fingerprint density at radius 3 is 2.33 bits per heavy atom. The minimum atomic E-state index is -1.06. The number of rotatable bonds is 7. The molecule has 11 heteroatoms. The van der Waals surface area contributed by atoms with Gasteiger partial charge in [-0.15, -0.1) is 11.3 Å². The second-order valence-electron chi connectivity index (χ2n) is 7.44. The lowest BCUT2D eigenvalue weighted by molar-refractivity contribution is -0.143. The number of hydrogen-bond acceptors (Lipinski definition) is 6. The van der Waals surface area contributed by atoms with Crippen LogP contribution in [0, 0.1) is 6.92 Å². The third-order valence-electron chi connectivity index (χ3n) is 5.42. The van der Waals surface area contributed by atoms with Crippen LogP contribution in [-0.4, -0.2) is 56.0 Å². The number of carbonyl (C=O) groups excluding carboxylic acids is 4. The van der Waals surface area contributed by atoms with Crippen molar-refractivity contribution < 1.29 is 19.2 Å². The number of hydrogen-bond donors (Lipinski definition) is 1. The zero-order valence-electron chi connectivity index (χ0n) is 18.0. The zero-order valence-corrected chi connectivity index (χ0v) is 18.8. The number of thiophene rings is 1. The van der Waals surface area contributed by atoms with Gasteiger partial charge in [-0.2, -0.15) is 0 Å². The molecule has 4 rings (SSSR count). The van der Waals surface area contributed by atoms with Gasteiger partial charge in [-0.3, -0.25) is 28.8 Å². The molecule has 3 heterocycles. The minimum Gasteiger partial charge on any atom is -0.318 e. The molecule has 33 heavy (non-hydrogen) atoms. The summed E-state index contributed by atoms with van der Waals surface area (Å²) in [5.74, 6) is -2.78. The molecule has 1 fully saturated rings. The lowest BCUT2D eigenvalue weighted by Crippen LogP contribution is -2.39. The Bertz CT molecular complexity index is 1290. The van der Waals surface area contributed by atoms with Crippen molar-refractivity contribution in [2.24, 2.45) is 7.05 Å². The SMILES string of the molecule is Cc1c(NC(=O)CN2C(=O)C(=O)N(CCc3cccs3)C2=O)c(=O)n(-c2ccccc2)n1C. The average molecular weight is 468 g/mol. The quantitative estimate of drug-likeness (QED) is 0.418. The van der Waals surface area contributed by atoms with Crippen molar-refractivity contribution in [2.45, 2.75) is 13.3 Å². The van der Waals surface area contributed by atoms with Crippen LogP contribution in [0.5, 0.6) is 0 Å². The molecule has 0 aliphatic carbocycles. The molecule has 1 aromatic carbocycles. The molecule has 1 N–H and O–H groups in total. The van der Waals surface area contributed by atoms with Crippen LogP contribution in [0.1, 0.15) is 10.6 Å². The van der Waals surface area contributed by atoms with Crippen LogP contribution in [0.2, 0.25) is 0 Å². The van der Waals surface area contributed by atoms with E-state index < -0.39 is 35.9 Å². The number of para-hydroxylation sites is 1. The molecule has 0 saturated carbocycles. The van der Waals surface area contributed by atoms with Crippen LogP contribution < -0.4 is 10.9 Å². The van der Waals surface area contributed by atoms with Gasteiger partial charge in [0.25, 0.3) is 5.56 Å². The minimum absolute atomic E-state index is 0.0336. The van der Waals surface area contributed by atoms with Crippen molar-refractivity contribution in [3.05, 3.63) is 68.8 Å². The Labute approximate surface area is 192 Å². The Balaban J connectivity index is 1.48. The van der Waals surface area contributed by atoms with Crippen LogP contribution in [0.4, 0.5) is 10.5 Å². The highest BCUT2D eigenvalue weighted by atomic mass is 32.1. The van der Waals surface area contributed by atoms with E-state index in [0.717, 1.165) is 9.78 Å². The molecule has 1 aliphatic heterocycles. The van der Waals surface area contributed by atoms with Gasteiger partial charge in [0.1, 0.15) is 12.2 Å². The van der Waals surface area contributed by atoms with E-state index in [2.05, 4.69) is 5.32 Å². The lowest BCUT2D eigenvalue weighted by atomic mass is 10.3. The van der Waals surface area contributed by atoms with Crippen molar-refractivity contribution in [3.8, 4) is 5.69 Å². The predicted molar refractivity (Wildman–Crippen MR) is 121 cm³/mol. The van der Waals surface area contributed by atoms with E-state index in [1.54, 1.807) is 42.9 Å². The number of imide groups is 2. The van der Waals surface area contributed by atoms with Gasteiger partial charge < -0.3 is 5.32 Å². The topological polar surface area (TPSA) is 114 Å². The molecule has 0 atom stereocenters. The Morgan fingerprint density at radius 2 is 1.67 bits per heavy atom. The summed E-state index contributed by atoms with van der Waals surface area (Å²) in [4.78, 5) is 65.2. The van der Waals surface area contributed by atoms with E-state index in [-0.39, 0.29) is 12.2 Å². The Morgan fingerprint density at radius 1 is 0.970 bits per heavy atom. The van der Waals surface area contributed by atoms with Gasteiger partial charge in [-0.05, 0) is 30.5 Å². The van der Waals surface area contributed by atoms with Crippen LogP contribution in [-0.2, 0) is 27.9 Å². The molecule has 1 aliphatic rings. The maximum atomic E-state index is 12.9. The molecule has 0 radical (unpaired) electrons. The highest BCUT2D eigenvalue weighted by Gasteiger charge is 2.45. The molecular formula is C22H21N5O5S. The summed E-state index contributed by atoms with van der Waals surface area (Å²) in [6.07, 6.45) is 0.421. The van der Waals surface area contributed by atoms with Crippen molar-refractivity contribution in [3.63, 3.8) is 0 Å². The van der Waals surface area contributed by atoms with Crippen molar-refractivity contribution in [2.75, 3.05) is 18.4 Å². The molecule has 3 aromatic rings. The van der Waals surface area contributed by atoms with Crippen molar-refractivity contribution in [1.29, 1.82) is 0 Å². The van der Waals surface area contributed by atoms with E-state index in [0.29, 0.717) is 22.7 Å². The van der Waals surface area contributed by atoms with E-state index in [1.165, 1.54) is 16.0 Å². The van der Waals surface area contributed by atoms with Crippen LogP contribution >= 0.6 is 11.3 Å². The second kappa shape index (κ2) is 8.87. The van der Waals surface area contributed by atoms with Gasteiger partial charge in [0.2, 0.25) is 5.91 Å². The standard InChI is InChI=1S/C22H21N5O5S/c1-14-18(19(29)27(24(14)2)15-7-4-3-5-8-15)23-17(28)13-26-21(31)20(30)25(22(26)32)11-10-16-9-6-12-33-16/h3-9,12H,10-11,13H2,1-2H3,(H,23,28). The fourth-order valence-corrected chi connectivity index (χ4v) is 4.30. The van der Waals surface area contributed by atoms with E-state index in [9.17, 15) is 24.0 Å². The number of urea groups is 1. The number of nitrogens with zero attached hydrogens (tertiary/aromatic N) is 4. The zero-order chi connectivity index (χ0) is 23.7. The third-order valence-corrected chi connectivity index (χ3v) is 6.35. The summed E-state index contributed by atoms with van der Waals surface area (Å²) in [5, 5.41) is 4.37. The predicted octanol–water partition coefficient (Wildman–Crippen LogP) is 1.52. The van der Waals surface area contributed by atoms with Crippen molar-refractivity contribution in [1.82, 2.24) is 19.2 Å². The first-order chi connectivity index (χ1) is 15.8. The monoisotopic (exact) mass is 467 g/mol. The molecule has 5 amide bonds. The fraction of sp³-hybridized carbons (Fsp3) is 0.227. The molecule has 170 valence electrons. The van der Waals surface area contributed by atoms with Gasteiger partial charge in [0.05, 0.1) is 11.4 Å². The van der Waals surface area contributed by atoms with E-state index >= 15 is 0 Å². The first kappa shape index (κ1) is 22.2. The molecule has 0 spiro atoms. The maximum absolute atomic E-state index is 12.9. The summed E-state index contributed by atoms with van der Waals surface area (Å²) >= 11 is 1.48. The van der Waals surface area contributed by atoms with Crippen molar-refractivity contribution >= 4 is 40.8 Å². The smallest absolute Gasteiger partial charge is 0.318 e. The summed E-state index contributed by atoms with van der Waals surface area (Å²) in [6.45, 7) is 1.04. The first-order valence-corrected chi connectivity index (χ1v) is 11.0. The lowest BCUT2D eigenvalue weighted by Gasteiger charge is -2.14. The third kappa shape index (κ3) is 4.10. The normalized spacial score (nSPS) is 13.8. The second-order valence-corrected chi connectivity index (χ2v) is 8.48. The fourth-order valence-electron chi connectivity index (χ4n) is 3.60. The maximum Gasteiger partial charge on any atom is 0.334 e. The van der Waals surface area contributed by atoms with Gasteiger partial charge in [0, 0.05) is 24.9 Å². The number of aromatic nitrogens is 2. The van der Waals surface area contributed by atoms with Crippen LogP contribution in [0.3, 0.4) is 0 Å². The summed E-state index contributed by atoms with van der Waals surface area (Å²) < 4.78 is 2.99. The number of carbonyl (C=O) groups is 4. The molecule has 0 bridgehead atoms. The number of benzene rings is 1. The number of nitrogens with one attached hydrogen (secondary N) is 1. The van der Waals surface area contributed by atoms with E-state index in [1.807, 2.05) is 23.6 Å². The van der Waals surface area contributed by atoms with E-state index in [4.69, 9.17) is 0 Å². The molecule has 10 nitrogen and oxygen atoms in total. The van der Waals surface area contributed by atoms with Gasteiger partial charge >= 0.3 is 17.8 Å². The van der Waals surface area contributed by atoms with Crippen LogP contribution in [0.15, 0.2) is 52.6 Å². The number of anilines is 1. The van der Waals surface area contributed by atoms with Crippen LogP contribution in [0.25, 0.3) is 5.69 Å². The molecular weight excluding hydrogens is 446 g/mol. The molecule has 1 saturated heterocycles. The Hall–Kier alpha value is -3.99. The molecule has 0 unspecified atom stereocenters. The largest absolute Gasteiger partial charge is 0.334 e. The first-order valence-electron chi connectivity index (χ1n) is 10.1. The Kier molecular flexibility index (Phi) is 5.97. The number of amides is 5. The van der Waals surface area contributed by atoms with Gasteiger partial charge in [0.15, 0.2) is 0 Å².